The van der Waals surface area contributed by atoms with Gasteiger partial charge in [0.25, 0.3) is 0 Å². The van der Waals surface area contributed by atoms with Crippen LogP contribution in [0, 0.1) is 0 Å². The van der Waals surface area contributed by atoms with Crippen molar-refractivity contribution in [3.63, 3.8) is 0 Å². The number of nitrogens with two attached hydrogens (primary N) is 1. The summed E-state index contributed by atoms with van der Waals surface area (Å²) in [5.74, 6) is -0.382. The van der Waals surface area contributed by atoms with Crippen molar-refractivity contribution >= 4 is 23.2 Å². The molecule has 0 aromatic carbocycles. The van der Waals surface area contributed by atoms with Gasteiger partial charge in [-0.3, -0.25) is 9.88 Å². The van der Waals surface area contributed by atoms with Crippen LogP contribution >= 0.6 is 12.2 Å². The summed E-state index contributed by atoms with van der Waals surface area (Å²) in [6.07, 6.45) is 2.54. The largest absolute Gasteiger partial charge is 0.465 e. The molecule has 0 spiro atoms. The first-order valence-electron chi connectivity index (χ1n) is 6.10. The maximum atomic E-state index is 11.3. The topological polar surface area (TPSA) is 68.5 Å². The number of rotatable bonds is 7. The highest BCUT2D eigenvalue weighted by molar-refractivity contribution is 7.80. The fourth-order valence-electron chi connectivity index (χ4n) is 1.74. The Bertz CT molecular complexity index is 434. The molecule has 0 aliphatic carbocycles. The summed E-state index contributed by atoms with van der Waals surface area (Å²) in [6.45, 7) is 4.23. The van der Waals surface area contributed by atoms with Crippen molar-refractivity contribution in [2.24, 2.45) is 5.73 Å². The molecule has 0 fully saturated rings. The molecule has 0 aliphatic rings. The first-order valence-corrected chi connectivity index (χ1v) is 6.51. The first-order chi connectivity index (χ1) is 9.06. The molecule has 5 nitrogen and oxygen atoms in total. The van der Waals surface area contributed by atoms with Gasteiger partial charge in [-0.15, -0.1) is 0 Å². The van der Waals surface area contributed by atoms with E-state index >= 15 is 0 Å². The molecule has 19 heavy (non-hydrogen) atoms. The van der Waals surface area contributed by atoms with E-state index in [2.05, 4.69) is 21.5 Å². The van der Waals surface area contributed by atoms with Crippen LogP contribution in [0.25, 0.3) is 0 Å². The van der Waals surface area contributed by atoms with Gasteiger partial charge in [-0.2, -0.15) is 0 Å². The highest BCUT2D eigenvalue weighted by atomic mass is 32.1. The van der Waals surface area contributed by atoms with Crippen LogP contribution in [0.4, 0.5) is 0 Å². The summed E-state index contributed by atoms with van der Waals surface area (Å²) >= 11 is 4.93. The van der Waals surface area contributed by atoms with E-state index in [0.29, 0.717) is 23.6 Å². The van der Waals surface area contributed by atoms with Crippen LogP contribution in [0.1, 0.15) is 29.4 Å². The molecule has 0 amide bonds. The van der Waals surface area contributed by atoms with Crippen molar-refractivity contribution in [3.05, 3.63) is 29.6 Å². The fraction of sp³-hybridized carbons (Fsp3) is 0.462. The lowest BCUT2D eigenvalue weighted by atomic mass is 10.2. The Morgan fingerprint density at radius 1 is 1.53 bits per heavy atom. The Labute approximate surface area is 118 Å². The van der Waals surface area contributed by atoms with Gasteiger partial charge in [-0.25, -0.2) is 4.79 Å². The minimum absolute atomic E-state index is 0.382. The number of ether oxygens (including phenoxy) is 1. The van der Waals surface area contributed by atoms with Crippen LogP contribution in [0.15, 0.2) is 18.3 Å². The third-order valence-corrected chi connectivity index (χ3v) is 2.68. The Balaban J connectivity index is 2.68. The van der Waals surface area contributed by atoms with Crippen molar-refractivity contribution in [3.8, 4) is 0 Å². The van der Waals surface area contributed by atoms with Crippen molar-refractivity contribution in [2.45, 2.75) is 19.9 Å². The first kappa shape index (κ1) is 15.5. The predicted molar refractivity (Wildman–Crippen MR) is 77.9 cm³/mol. The number of pyridine rings is 1. The minimum atomic E-state index is -0.382. The lowest BCUT2D eigenvalue weighted by molar-refractivity contribution is 0.0600. The highest BCUT2D eigenvalue weighted by Gasteiger charge is 2.09. The second kappa shape index (κ2) is 7.81. The molecule has 0 bridgehead atoms. The van der Waals surface area contributed by atoms with Crippen LogP contribution in [0.3, 0.4) is 0 Å². The van der Waals surface area contributed by atoms with E-state index in [9.17, 15) is 4.79 Å². The zero-order chi connectivity index (χ0) is 14.3. The number of hydrogen-bond donors (Lipinski definition) is 1. The lowest BCUT2D eigenvalue weighted by Gasteiger charge is -2.20. The number of carbonyl (C=O) groups excluding carboxylic acids is 1. The SMILES string of the molecule is CCCN(CC(N)=S)Cc1ccc(C(=O)OC)cn1. The van der Waals surface area contributed by atoms with Gasteiger partial charge >= 0.3 is 5.97 Å². The van der Waals surface area contributed by atoms with Gasteiger partial charge in [0.05, 0.1) is 23.4 Å². The lowest BCUT2D eigenvalue weighted by Crippen LogP contribution is -2.33. The van der Waals surface area contributed by atoms with Crippen LogP contribution in [-0.2, 0) is 11.3 Å². The van der Waals surface area contributed by atoms with Gasteiger partial charge in [0.2, 0.25) is 0 Å². The molecule has 2 N–H and O–H groups in total. The van der Waals surface area contributed by atoms with E-state index in [0.717, 1.165) is 18.7 Å². The van der Waals surface area contributed by atoms with Crippen molar-refractivity contribution in [2.75, 3.05) is 20.2 Å². The van der Waals surface area contributed by atoms with Crippen molar-refractivity contribution in [1.29, 1.82) is 0 Å². The Hall–Kier alpha value is -1.53. The van der Waals surface area contributed by atoms with Gasteiger partial charge < -0.3 is 10.5 Å². The summed E-state index contributed by atoms with van der Waals surface area (Å²) in [6, 6.07) is 3.52. The second-order valence-electron chi connectivity index (χ2n) is 4.21. The standard InChI is InChI=1S/C13H19N3O2S/c1-3-6-16(9-12(14)19)8-11-5-4-10(7-15-11)13(17)18-2/h4-5,7H,3,6,8-9H2,1-2H3,(H2,14,19). The number of nitrogens with zero attached hydrogens (tertiary/aromatic N) is 2. The summed E-state index contributed by atoms with van der Waals surface area (Å²) in [4.78, 5) is 18.1. The maximum Gasteiger partial charge on any atom is 0.339 e. The van der Waals surface area contributed by atoms with Gasteiger partial charge in [0.15, 0.2) is 0 Å². The molecule has 0 atom stereocenters. The molecule has 1 heterocycles. The third kappa shape index (κ3) is 5.32. The number of thiocarbonyl (C=S) groups is 1. The molecule has 0 saturated heterocycles. The van der Waals surface area contributed by atoms with Crippen molar-refractivity contribution < 1.29 is 9.53 Å². The number of carbonyl (C=O) groups is 1. The monoisotopic (exact) mass is 281 g/mol. The quantitative estimate of drug-likeness (QED) is 0.601. The smallest absolute Gasteiger partial charge is 0.339 e. The van der Waals surface area contributed by atoms with Gasteiger partial charge in [0.1, 0.15) is 0 Å². The zero-order valence-corrected chi connectivity index (χ0v) is 12.1. The molecule has 0 radical (unpaired) electrons. The fourth-order valence-corrected chi connectivity index (χ4v) is 1.92. The summed E-state index contributed by atoms with van der Waals surface area (Å²) in [5, 5.41) is 0. The van der Waals surface area contributed by atoms with E-state index in [-0.39, 0.29) is 5.97 Å². The molecule has 6 heteroatoms. The van der Waals surface area contributed by atoms with Gasteiger partial charge in [0, 0.05) is 19.3 Å². The van der Waals surface area contributed by atoms with Crippen LogP contribution in [0.5, 0.6) is 0 Å². The highest BCUT2D eigenvalue weighted by Crippen LogP contribution is 2.06. The van der Waals surface area contributed by atoms with Crippen LogP contribution < -0.4 is 5.73 Å². The molecular formula is C13H19N3O2S. The van der Waals surface area contributed by atoms with Crippen LogP contribution in [-0.4, -0.2) is 41.0 Å². The maximum absolute atomic E-state index is 11.3. The minimum Gasteiger partial charge on any atom is -0.465 e. The molecule has 0 unspecified atom stereocenters. The number of hydrogen-bond acceptors (Lipinski definition) is 5. The average Bonchev–Trinajstić information content (AvgIpc) is 2.38. The van der Waals surface area contributed by atoms with Gasteiger partial charge in [-0.05, 0) is 25.1 Å². The third-order valence-electron chi connectivity index (χ3n) is 2.55. The van der Waals surface area contributed by atoms with Crippen LogP contribution in [0.2, 0.25) is 0 Å². The summed E-state index contributed by atoms with van der Waals surface area (Å²) in [7, 11) is 1.35. The summed E-state index contributed by atoms with van der Waals surface area (Å²) < 4.78 is 4.63. The molecule has 1 aromatic rings. The molecule has 0 saturated carbocycles. The normalized spacial score (nSPS) is 10.5. The Kier molecular flexibility index (Phi) is 6.38. The second-order valence-corrected chi connectivity index (χ2v) is 4.73. The number of esters is 1. The average molecular weight is 281 g/mol. The van der Waals surface area contributed by atoms with Gasteiger partial charge in [-0.1, -0.05) is 19.1 Å². The summed E-state index contributed by atoms with van der Waals surface area (Å²) in [5.41, 5.74) is 6.89. The Morgan fingerprint density at radius 3 is 2.74 bits per heavy atom. The molecule has 104 valence electrons. The molecular weight excluding hydrogens is 262 g/mol. The molecule has 0 aliphatic heterocycles. The molecule has 1 aromatic heterocycles. The van der Waals surface area contributed by atoms with E-state index in [1.165, 1.54) is 13.3 Å². The van der Waals surface area contributed by atoms with E-state index in [1.54, 1.807) is 6.07 Å². The van der Waals surface area contributed by atoms with E-state index in [1.807, 2.05) is 6.07 Å². The molecule has 1 rings (SSSR count). The predicted octanol–water partition coefficient (Wildman–Crippen LogP) is 1.37. The number of methoxy groups -OCH3 is 1. The Morgan fingerprint density at radius 2 is 2.26 bits per heavy atom. The van der Waals surface area contributed by atoms with E-state index < -0.39 is 0 Å². The van der Waals surface area contributed by atoms with E-state index in [4.69, 9.17) is 18.0 Å². The zero-order valence-electron chi connectivity index (χ0n) is 11.3. The van der Waals surface area contributed by atoms with Crippen molar-refractivity contribution in [1.82, 2.24) is 9.88 Å². The number of aromatic nitrogens is 1.